The minimum absolute atomic E-state index is 0.0920. The van der Waals surface area contributed by atoms with E-state index in [9.17, 15) is 24.5 Å². The predicted molar refractivity (Wildman–Crippen MR) is 111 cm³/mol. The number of carbonyl (C=O) groups excluding carboxylic acids is 3. The van der Waals surface area contributed by atoms with E-state index in [0.717, 1.165) is 10.5 Å². The van der Waals surface area contributed by atoms with Crippen molar-refractivity contribution in [2.75, 3.05) is 25.5 Å². The fourth-order valence-corrected chi connectivity index (χ4v) is 3.12. The minimum Gasteiger partial charge on any atom is -0.377 e. The molecular weight excluding hydrogens is 388 g/mol. The van der Waals surface area contributed by atoms with Crippen molar-refractivity contribution >= 4 is 35.3 Å². The van der Waals surface area contributed by atoms with Crippen LogP contribution in [0.3, 0.4) is 0 Å². The first-order valence-electron chi connectivity index (χ1n) is 9.16. The molecule has 0 saturated carbocycles. The molecule has 30 heavy (non-hydrogen) atoms. The Bertz CT molecular complexity index is 1050. The highest BCUT2D eigenvalue weighted by atomic mass is 16.6. The summed E-state index contributed by atoms with van der Waals surface area (Å²) in [6.07, 6.45) is 1.71. The van der Waals surface area contributed by atoms with Crippen molar-refractivity contribution in [1.29, 1.82) is 0 Å². The number of benzene rings is 2. The lowest BCUT2D eigenvalue weighted by Crippen LogP contribution is -2.54. The van der Waals surface area contributed by atoms with E-state index in [0.29, 0.717) is 17.7 Å². The number of nitro groups is 1. The number of carbonyl (C=O) groups is 3. The number of barbiturate groups is 1. The van der Waals surface area contributed by atoms with Crippen LogP contribution in [0.2, 0.25) is 0 Å². The number of nitrogens with zero attached hydrogens (tertiary/aromatic N) is 3. The standard InChI is InChI=1S/C21H20N4O5/c1-23(2)18-9-8-16(25(29)30)12-15(18)13-17-19(26)22-21(28)24(20(17)27)11-10-14-6-4-3-5-7-14/h3-9,12-13H,10-11H2,1-2H3,(H,22,26,28)/b17-13-. The summed E-state index contributed by atoms with van der Waals surface area (Å²) in [7, 11) is 3.48. The van der Waals surface area contributed by atoms with Crippen molar-refractivity contribution in [1.82, 2.24) is 10.2 Å². The van der Waals surface area contributed by atoms with Crippen LogP contribution < -0.4 is 10.2 Å². The number of urea groups is 1. The molecule has 154 valence electrons. The molecule has 3 rings (SSSR count). The van der Waals surface area contributed by atoms with Gasteiger partial charge in [-0.15, -0.1) is 0 Å². The third-order valence-corrected chi connectivity index (χ3v) is 4.66. The summed E-state index contributed by atoms with van der Waals surface area (Å²) in [5.41, 5.74) is 1.42. The fraction of sp³-hybridized carbons (Fsp3) is 0.190. The van der Waals surface area contributed by atoms with Gasteiger partial charge in [0.1, 0.15) is 5.57 Å². The van der Waals surface area contributed by atoms with Gasteiger partial charge in [0.25, 0.3) is 17.5 Å². The maximum atomic E-state index is 12.9. The van der Waals surface area contributed by atoms with Gasteiger partial charge in [-0.2, -0.15) is 0 Å². The van der Waals surface area contributed by atoms with Crippen molar-refractivity contribution in [3.05, 3.63) is 75.3 Å². The van der Waals surface area contributed by atoms with Crippen LogP contribution in [-0.2, 0) is 16.0 Å². The van der Waals surface area contributed by atoms with Gasteiger partial charge in [-0.3, -0.25) is 29.9 Å². The summed E-state index contributed by atoms with van der Waals surface area (Å²) in [6.45, 7) is 0.0920. The van der Waals surface area contributed by atoms with E-state index in [1.54, 1.807) is 19.0 Å². The van der Waals surface area contributed by atoms with Crippen molar-refractivity contribution in [2.24, 2.45) is 0 Å². The van der Waals surface area contributed by atoms with Gasteiger partial charge in [0.2, 0.25) is 0 Å². The summed E-state index contributed by atoms with van der Waals surface area (Å²) in [6, 6.07) is 12.7. The van der Waals surface area contributed by atoms with Crippen LogP contribution in [0.25, 0.3) is 6.08 Å². The number of hydrogen-bond acceptors (Lipinski definition) is 6. The zero-order chi connectivity index (χ0) is 21.8. The number of hydrogen-bond donors (Lipinski definition) is 1. The van der Waals surface area contributed by atoms with Crippen molar-refractivity contribution < 1.29 is 19.3 Å². The number of nitro benzene ring substituents is 1. The van der Waals surface area contributed by atoms with Gasteiger partial charge in [-0.05, 0) is 24.1 Å². The van der Waals surface area contributed by atoms with Crippen LogP contribution in [-0.4, -0.2) is 48.3 Å². The van der Waals surface area contributed by atoms with Gasteiger partial charge in [-0.1, -0.05) is 30.3 Å². The zero-order valence-corrected chi connectivity index (χ0v) is 16.5. The molecule has 9 nitrogen and oxygen atoms in total. The summed E-state index contributed by atoms with van der Waals surface area (Å²) in [5.74, 6) is -1.58. The molecule has 0 bridgehead atoms. The lowest BCUT2D eigenvalue weighted by atomic mass is 10.0. The van der Waals surface area contributed by atoms with E-state index in [1.165, 1.54) is 24.3 Å². The molecule has 1 N–H and O–H groups in total. The Kier molecular flexibility index (Phi) is 5.91. The number of rotatable bonds is 6. The average molecular weight is 408 g/mol. The Morgan fingerprint density at radius 2 is 1.80 bits per heavy atom. The predicted octanol–water partition coefficient (Wildman–Crippen LogP) is 2.37. The molecule has 1 fully saturated rings. The summed E-state index contributed by atoms with van der Waals surface area (Å²) in [5, 5.41) is 13.3. The molecule has 1 saturated heterocycles. The van der Waals surface area contributed by atoms with Crippen LogP contribution in [0.5, 0.6) is 0 Å². The molecule has 0 aliphatic carbocycles. The van der Waals surface area contributed by atoms with Gasteiger partial charge in [0.15, 0.2) is 0 Å². The molecular formula is C21H20N4O5. The maximum absolute atomic E-state index is 12.9. The Labute approximate surface area is 172 Å². The molecule has 0 aromatic heterocycles. The van der Waals surface area contributed by atoms with Crippen LogP contribution in [0.4, 0.5) is 16.2 Å². The Balaban J connectivity index is 1.94. The first-order chi connectivity index (χ1) is 14.3. The number of amides is 4. The second-order valence-electron chi connectivity index (χ2n) is 6.90. The summed E-state index contributed by atoms with van der Waals surface area (Å²) < 4.78 is 0. The lowest BCUT2D eigenvalue weighted by Gasteiger charge is -2.26. The molecule has 9 heteroatoms. The van der Waals surface area contributed by atoms with Crippen LogP contribution in [0.1, 0.15) is 11.1 Å². The Morgan fingerprint density at radius 1 is 1.10 bits per heavy atom. The number of nitrogens with one attached hydrogen (secondary N) is 1. The first kappa shape index (κ1) is 20.7. The molecule has 1 heterocycles. The van der Waals surface area contributed by atoms with Crippen LogP contribution in [0.15, 0.2) is 54.1 Å². The van der Waals surface area contributed by atoms with Crippen LogP contribution >= 0.6 is 0 Å². The van der Waals surface area contributed by atoms with E-state index in [1.807, 2.05) is 30.3 Å². The van der Waals surface area contributed by atoms with Crippen molar-refractivity contribution in [3.63, 3.8) is 0 Å². The number of imide groups is 2. The molecule has 0 spiro atoms. The highest BCUT2D eigenvalue weighted by Crippen LogP contribution is 2.27. The van der Waals surface area contributed by atoms with Crippen molar-refractivity contribution in [2.45, 2.75) is 6.42 Å². The first-order valence-corrected chi connectivity index (χ1v) is 9.16. The summed E-state index contributed by atoms with van der Waals surface area (Å²) in [4.78, 5) is 50.7. The van der Waals surface area contributed by atoms with Crippen molar-refractivity contribution in [3.8, 4) is 0 Å². The largest absolute Gasteiger partial charge is 0.377 e. The third kappa shape index (κ3) is 4.35. The monoisotopic (exact) mass is 408 g/mol. The highest BCUT2D eigenvalue weighted by molar-refractivity contribution is 6.31. The molecule has 1 aliphatic heterocycles. The highest BCUT2D eigenvalue weighted by Gasteiger charge is 2.35. The van der Waals surface area contributed by atoms with Gasteiger partial charge >= 0.3 is 6.03 Å². The third-order valence-electron chi connectivity index (χ3n) is 4.66. The van der Waals surface area contributed by atoms with Crippen LogP contribution in [0, 0.1) is 10.1 Å². The second kappa shape index (κ2) is 8.56. The van der Waals surface area contributed by atoms with Gasteiger partial charge in [-0.25, -0.2) is 4.79 Å². The SMILES string of the molecule is CN(C)c1ccc([N+](=O)[O-])cc1/C=C1/C(=O)NC(=O)N(CCc2ccccc2)C1=O. The summed E-state index contributed by atoms with van der Waals surface area (Å²) >= 11 is 0. The number of anilines is 1. The van der Waals surface area contributed by atoms with E-state index in [4.69, 9.17) is 0 Å². The van der Waals surface area contributed by atoms with Gasteiger partial charge < -0.3 is 4.90 Å². The topological polar surface area (TPSA) is 113 Å². The molecule has 4 amide bonds. The van der Waals surface area contributed by atoms with E-state index in [-0.39, 0.29) is 17.8 Å². The fourth-order valence-electron chi connectivity index (χ4n) is 3.12. The average Bonchev–Trinajstić information content (AvgIpc) is 2.71. The second-order valence-corrected chi connectivity index (χ2v) is 6.90. The minimum atomic E-state index is -0.836. The van der Waals surface area contributed by atoms with E-state index >= 15 is 0 Å². The normalized spacial score (nSPS) is 15.3. The molecule has 1 aliphatic rings. The lowest BCUT2D eigenvalue weighted by molar-refractivity contribution is -0.384. The Hall–Kier alpha value is -4.01. The smallest absolute Gasteiger partial charge is 0.331 e. The Morgan fingerprint density at radius 3 is 2.43 bits per heavy atom. The van der Waals surface area contributed by atoms with Gasteiger partial charge in [0, 0.05) is 44.0 Å². The zero-order valence-electron chi connectivity index (χ0n) is 16.5. The van der Waals surface area contributed by atoms with Gasteiger partial charge in [0.05, 0.1) is 4.92 Å². The molecule has 2 aromatic carbocycles. The molecule has 2 aromatic rings. The van der Waals surface area contributed by atoms with E-state index in [2.05, 4.69) is 5.32 Å². The quantitative estimate of drug-likeness (QED) is 0.340. The number of non-ortho nitro benzene ring substituents is 1. The van der Waals surface area contributed by atoms with E-state index < -0.39 is 22.8 Å². The molecule has 0 unspecified atom stereocenters. The molecule has 0 radical (unpaired) electrons. The maximum Gasteiger partial charge on any atom is 0.331 e. The molecule has 0 atom stereocenters.